The number of ether oxygens (including phenoxy) is 4. The van der Waals surface area contributed by atoms with Crippen LogP contribution in [0.1, 0.15) is 21.0 Å². The van der Waals surface area contributed by atoms with Crippen molar-refractivity contribution in [1.82, 2.24) is 9.97 Å². The Balaban J connectivity index is 0.000000331. The average Bonchev–Trinajstić information content (AvgIpc) is 2.78. The molecule has 14 nitrogen and oxygen atoms in total. The van der Waals surface area contributed by atoms with Gasteiger partial charge in [0.2, 0.25) is 11.5 Å². The first-order chi connectivity index (χ1) is 15.5. The quantitative estimate of drug-likeness (QED) is 0.231. The van der Waals surface area contributed by atoms with Crippen molar-refractivity contribution in [3.05, 3.63) is 53.0 Å². The molecule has 33 heavy (non-hydrogen) atoms. The zero-order valence-corrected chi connectivity index (χ0v) is 19.4. The molecule has 178 valence electrons. The van der Waals surface area contributed by atoms with Crippen LogP contribution in [0.15, 0.2) is 6.20 Å². The molecule has 0 unspecified atom stereocenters. The summed E-state index contributed by atoms with van der Waals surface area (Å²) in [6.45, 7) is 0. The van der Waals surface area contributed by atoms with E-state index < -0.39 is 48.9 Å². The maximum absolute atomic E-state index is 11.3. The minimum Gasteiger partial charge on any atom is -0.489 e. The number of methoxy groups -OCH3 is 4. The molecule has 0 atom stereocenters. The minimum atomic E-state index is -0.928. The number of carbonyl (C=O) groups is 2. The zero-order chi connectivity index (χ0) is 25.5. The molecule has 0 aliphatic heterocycles. The van der Waals surface area contributed by atoms with Gasteiger partial charge < -0.3 is 18.9 Å². The van der Waals surface area contributed by atoms with Gasteiger partial charge in [-0.25, -0.2) is 19.6 Å². The second kappa shape index (κ2) is 11.9. The summed E-state index contributed by atoms with van der Waals surface area (Å²) in [5.41, 5.74) is -1.91. The molecule has 0 saturated heterocycles. The topological polar surface area (TPSA) is 183 Å². The summed E-state index contributed by atoms with van der Waals surface area (Å²) in [7, 11) is 4.61. The van der Waals surface area contributed by atoms with Crippen LogP contribution < -0.4 is 9.47 Å². The Hall–Kier alpha value is -3.49. The van der Waals surface area contributed by atoms with Crippen molar-refractivity contribution in [2.24, 2.45) is 0 Å². The van der Waals surface area contributed by atoms with E-state index in [1.165, 1.54) is 14.2 Å². The number of hydrogen-bond acceptors (Lipinski definition) is 12. The van der Waals surface area contributed by atoms with Crippen LogP contribution >= 0.6 is 34.8 Å². The van der Waals surface area contributed by atoms with Gasteiger partial charge in [-0.15, -0.1) is 0 Å². The fourth-order valence-corrected chi connectivity index (χ4v) is 2.92. The molecule has 0 N–H and O–H groups in total. The summed E-state index contributed by atoms with van der Waals surface area (Å²) in [6.07, 6.45) is 1.04. The third-order valence-electron chi connectivity index (χ3n) is 3.53. The first kappa shape index (κ1) is 27.5. The Kier molecular flexibility index (Phi) is 9.97. The van der Waals surface area contributed by atoms with Crippen molar-refractivity contribution >= 4 is 58.1 Å². The Morgan fingerprint density at radius 1 is 0.848 bits per heavy atom. The van der Waals surface area contributed by atoms with Gasteiger partial charge in [0, 0.05) is 0 Å². The number of carbonyl (C=O) groups excluding carboxylic acids is 2. The lowest BCUT2D eigenvalue weighted by molar-refractivity contribution is -0.385. The number of pyridine rings is 2. The molecule has 0 radical (unpaired) electrons. The van der Waals surface area contributed by atoms with Crippen LogP contribution in [0.3, 0.4) is 0 Å². The number of rotatable bonds is 6. The number of nitro groups is 2. The third-order valence-corrected chi connectivity index (χ3v) is 4.51. The van der Waals surface area contributed by atoms with Gasteiger partial charge >= 0.3 is 23.3 Å². The molecule has 2 rings (SSSR count). The number of halogens is 3. The van der Waals surface area contributed by atoms with E-state index in [1.807, 2.05) is 0 Å². The third kappa shape index (κ3) is 6.06. The lowest BCUT2D eigenvalue weighted by atomic mass is 10.3. The lowest BCUT2D eigenvalue weighted by Crippen LogP contribution is -2.08. The standard InChI is InChI=1S/C8H6Cl2N2O5.C8H7ClN2O5/c1-16-6-5(12(14)15)3(9)4(8(13)17-2)11-7(6)10;1-15-4-3-10-6(8(12)16-2)5(9)7(4)11(13)14/h1-2H3;3H,1-2H3. The molecule has 0 saturated carbocycles. The molecule has 17 heteroatoms. The molecular formula is C16H13Cl3N4O10. The van der Waals surface area contributed by atoms with Crippen LogP contribution in [-0.2, 0) is 9.47 Å². The van der Waals surface area contributed by atoms with Crippen LogP contribution in [0.25, 0.3) is 0 Å². The van der Waals surface area contributed by atoms with E-state index in [-0.39, 0.29) is 22.3 Å². The maximum Gasteiger partial charge on any atom is 0.358 e. The van der Waals surface area contributed by atoms with Gasteiger partial charge in [0.05, 0.1) is 44.5 Å². The first-order valence-electron chi connectivity index (χ1n) is 8.07. The lowest BCUT2D eigenvalue weighted by Gasteiger charge is -2.07. The van der Waals surface area contributed by atoms with Gasteiger partial charge in [0.15, 0.2) is 26.6 Å². The van der Waals surface area contributed by atoms with Crippen LogP contribution in [0.5, 0.6) is 11.5 Å². The van der Waals surface area contributed by atoms with E-state index in [0.717, 1.165) is 20.4 Å². The average molecular weight is 528 g/mol. The van der Waals surface area contributed by atoms with E-state index in [9.17, 15) is 29.8 Å². The molecule has 2 heterocycles. The monoisotopic (exact) mass is 526 g/mol. The minimum absolute atomic E-state index is 0.123. The van der Waals surface area contributed by atoms with Gasteiger partial charge in [-0.1, -0.05) is 34.8 Å². The Morgan fingerprint density at radius 3 is 1.76 bits per heavy atom. The maximum atomic E-state index is 11.3. The van der Waals surface area contributed by atoms with Crippen LogP contribution in [-0.4, -0.2) is 60.2 Å². The van der Waals surface area contributed by atoms with Crippen molar-refractivity contribution in [3.63, 3.8) is 0 Å². The number of hydrogen-bond donors (Lipinski definition) is 0. The normalized spacial score (nSPS) is 9.79. The highest BCUT2D eigenvalue weighted by Crippen LogP contribution is 2.40. The van der Waals surface area contributed by atoms with Crippen molar-refractivity contribution in [2.45, 2.75) is 0 Å². The molecule has 0 spiro atoms. The first-order valence-corrected chi connectivity index (χ1v) is 9.20. The number of aromatic nitrogens is 2. The largest absolute Gasteiger partial charge is 0.489 e. The van der Waals surface area contributed by atoms with Crippen molar-refractivity contribution in [1.29, 1.82) is 0 Å². The molecule has 0 fully saturated rings. The van der Waals surface area contributed by atoms with Gasteiger partial charge in [-0.2, -0.15) is 0 Å². The predicted molar refractivity (Wildman–Crippen MR) is 113 cm³/mol. The summed E-state index contributed by atoms with van der Waals surface area (Å²) in [5.74, 6) is -2.21. The summed E-state index contributed by atoms with van der Waals surface area (Å²) < 4.78 is 18.2. The van der Waals surface area contributed by atoms with E-state index >= 15 is 0 Å². The van der Waals surface area contributed by atoms with E-state index in [0.29, 0.717) is 0 Å². The number of nitrogens with zero attached hydrogens (tertiary/aromatic N) is 4. The fraction of sp³-hybridized carbons (Fsp3) is 0.250. The Morgan fingerprint density at radius 2 is 1.33 bits per heavy atom. The highest BCUT2D eigenvalue weighted by atomic mass is 35.5. The molecular weight excluding hydrogens is 515 g/mol. The zero-order valence-electron chi connectivity index (χ0n) is 17.1. The van der Waals surface area contributed by atoms with Gasteiger partial charge in [0.25, 0.3) is 0 Å². The smallest absolute Gasteiger partial charge is 0.358 e. The molecule has 0 amide bonds. The highest BCUT2D eigenvalue weighted by Gasteiger charge is 2.31. The molecule has 0 bridgehead atoms. The molecule has 0 aliphatic rings. The number of esters is 2. The van der Waals surface area contributed by atoms with Crippen molar-refractivity contribution in [3.8, 4) is 11.5 Å². The van der Waals surface area contributed by atoms with Gasteiger partial charge in [0.1, 0.15) is 0 Å². The van der Waals surface area contributed by atoms with Gasteiger partial charge in [-0.3, -0.25) is 20.2 Å². The molecule has 0 aromatic carbocycles. The molecule has 2 aromatic rings. The Labute approximate surface area is 199 Å². The van der Waals surface area contributed by atoms with Gasteiger partial charge in [-0.05, 0) is 0 Å². The highest BCUT2D eigenvalue weighted by molar-refractivity contribution is 6.37. The molecule has 0 aliphatic carbocycles. The summed E-state index contributed by atoms with van der Waals surface area (Å²) >= 11 is 17.0. The van der Waals surface area contributed by atoms with E-state index in [1.54, 1.807) is 0 Å². The fourth-order valence-electron chi connectivity index (χ4n) is 2.10. The van der Waals surface area contributed by atoms with Crippen LogP contribution in [0.4, 0.5) is 11.4 Å². The SMILES string of the molecule is COC(=O)c1nc(Cl)c(OC)c([N+](=O)[O-])c1Cl.COC(=O)c1ncc(OC)c([N+](=O)[O-])c1Cl. The van der Waals surface area contributed by atoms with E-state index in [4.69, 9.17) is 44.3 Å². The molecule has 2 aromatic heterocycles. The summed E-state index contributed by atoms with van der Waals surface area (Å²) in [6, 6.07) is 0. The van der Waals surface area contributed by atoms with Crippen LogP contribution in [0, 0.1) is 20.2 Å². The van der Waals surface area contributed by atoms with Crippen LogP contribution in [0.2, 0.25) is 15.2 Å². The van der Waals surface area contributed by atoms with Crippen molar-refractivity contribution < 1.29 is 38.4 Å². The predicted octanol–water partition coefficient (Wildman–Crippen LogP) is 3.53. The van der Waals surface area contributed by atoms with Crippen molar-refractivity contribution in [2.75, 3.05) is 28.4 Å². The Bertz CT molecular complexity index is 1110. The second-order valence-electron chi connectivity index (χ2n) is 5.28. The summed E-state index contributed by atoms with van der Waals surface area (Å²) in [4.78, 5) is 49.6. The van der Waals surface area contributed by atoms with E-state index in [2.05, 4.69) is 19.4 Å². The summed E-state index contributed by atoms with van der Waals surface area (Å²) in [5, 5.41) is 20.3. The second-order valence-corrected chi connectivity index (χ2v) is 6.40.